The smallest absolute Gasteiger partial charge is 0.261 e. The number of nitrogens with one attached hydrogen (secondary N) is 1. The summed E-state index contributed by atoms with van der Waals surface area (Å²) in [4.78, 5) is 54.5. The molecule has 0 spiro atoms. The second-order valence-corrected chi connectivity index (χ2v) is 19.5. The van der Waals surface area contributed by atoms with Crippen molar-refractivity contribution in [2.75, 3.05) is 35.6 Å². The second kappa shape index (κ2) is 17.5. The number of hydrogen-bond acceptors (Lipinski definition) is 11. The summed E-state index contributed by atoms with van der Waals surface area (Å²) in [6.45, 7) is 4.47. The molecule has 3 amide bonds. The van der Waals surface area contributed by atoms with E-state index in [0.717, 1.165) is 33.6 Å². The van der Waals surface area contributed by atoms with Crippen LogP contribution in [0.3, 0.4) is 0 Å². The largest absolute Gasteiger partial charge is 0.493 e. The lowest BCUT2D eigenvalue weighted by atomic mass is 10.1. The monoisotopic (exact) mass is 881 g/mol. The number of nitrogens with zero attached hydrogens (tertiary/aromatic N) is 4. The van der Waals surface area contributed by atoms with Gasteiger partial charge >= 0.3 is 0 Å². The molecule has 5 aromatic rings. The summed E-state index contributed by atoms with van der Waals surface area (Å²) in [5.41, 5.74) is 7.91. The average molecular weight is 882 g/mol. The number of aliphatic imine (C=N–C) groups is 2. The van der Waals surface area contributed by atoms with Crippen molar-refractivity contribution in [1.82, 2.24) is 0 Å². The molecule has 12 nitrogen and oxygen atoms in total. The summed E-state index contributed by atoms with van der Waals surface area (Å²) in [5.74, 6) is 1.20. The van der Waals surface area contributed by atoms with Crippen LogP contribution in [0.15, 0.2) is 101 Å². The molecule has 63 heavy (non-hydrogen) atoms. The lowest BCUT2D eigenvalue weighted by molar-refractivity contribution is -0.116. The maximum Gasteiger partial charge on any atom is 0.261 e. The normalized spacial score (nSPS) is 16.8. The van der Waals surface area contributed by atoms with Crippen LogP contribution in [-0.4, -0.2) is 67.5 Å². The molecule has 0 saturated carbocycles. The van der Waals surface area contributed by atoms with Gasteiger partial charge in [0.05, 0.1) is 48.8 Å². The van der Waals surface area contributed by atoms with Crippen LogP contribution in [0.25, 0.3) is 0 Å². The van der Waals surface area contributed by atoms with Crippen molar-refractivity contribution in [1.29, 1.82) is 0 Å². The molecule has 0 aromatic heterocycles. The van der Waals surface area contributed by atoms with Crippen LogP contribution in [-0.2, 0) is 30.8 Å². The highest BCUT2D eigenvalue weighted by molar-refractivity contribution is 8.76. The quantitative estimate of drug-likeness (QED) is 0.108. The molecule has 0 aliphatic carbocycles. The number of ether oxygens (including phenoxy) is 4. The number of benzene rings is 5. The predicted octanol–water partition coefficient (Wildman–Crippen LogP) is 9.95. The number of methoxy groups -OCH3 is 2. The van der Waals surface area contributed by atoms with E-state index in [9.17, 15) is 14.4 Å². The molecule has 0 bridgehead atoms. The van der Waals surface area contributed by atoms with Crippen LogP contribution >= 0.6 is 21.6 Å². The zero-order valence-corrected chi connectivity index (χ0v) is 37.3. The van der Waals surface area contributed by atoms with Gasteiger partial charge in [-0.3, -0.25) is 34.2 Å². The molecular weight excluding hydrogens is 835 g/mol. The number of amides is 3. The van der Waals surface area contributed by atoms with Gasteiger partial charge < -0.3 is 24.3 Å². The zero-order chi connectivity index (χ0) is 43.8. The first-order valence-corrected chi connectivity index (χ1v) is 23.3. The standard InChI is InChI=1S/C49H47N5O7S2/c1-49(2,63-62-5)15-14-46(55)52-33-17-29(27-60-44-23-38-36(21-42(44)58-3)47(56)53-34(25-50-38)19-31-10-6-8-12-40(31)53)16-30(18-33)28-61-45-24-39-37(22-43(45)59-4)48(57)54-35(26-51-39)20-32-11-7-9-13-41(32)54/h6-13,16-18,21-26,34-35H,14-15,19-20,27-28H2,1-5H3,(H,52,55)/t34-,35?/m0/s1. The molecule has 0 radical (unpaired) electrons. The highest BCUT2D eigenvalue weighted by atomic mass is 33.1. The van der Waals surface area contributed by atoms with Gasteiger partial charge in [-0.2, -0.15) is 0 Å². The molecule has 322 valence electrons. The van der Waals surface area contributed by atoms with Gasteiger partial charge in [0.25, 0.3) is 11.8 Å². The molecule has 2 atom stereocenters. The molecule has 0 saturated heterocycles. The molecular formula is C49H47N5O7S2. The highest BCUT2D eigenvalue weighted by Crippen LogP contribution is 2.43. The zero-order valence-electron chi connectivity index (χ0n) is 35.7. The van der Waals surface area contributed by atoms with Crippen molar-refractivity contribution < 1.29 is 33.3 Å². The third-order valence-corrected chi connectivity index (χ3v) is 14.3. The van der Waals surface area contributed by atoms with Crippen molar-refractivity contribution in [2.24, 2.45) is 9.98 Å². The Kier molecular flexibility index (Phi) is 11.7. The van der Waals surface area contributed by atoms with E-state index in [2.05, 4.69) is 19.2 Å². The third kappa shape index (κ3) is 8.49. The number of fused-ring (bicyclic) bond motifs is 8. The van der Waals surface area contributed by atoms with E-state index in [4.69, 9.17) is 28.9 Å². The van der Waals surface area contributed by atoms with Crippen molar-refractivity contribution in [3.05, 3.63) is 124 Å². The lowest BCUT2D eigenvalue weighted by Gasteiger charge is -2.22. The van der Waals surface area contributed by atoms with Crippen LogP contribution in [0.1, 0.15) is 69.7 Å². The lowest BCUT2D eigenvalue weighted by Crippen LogP contribution is -2.37. The van der Waals surface area contributed by atoms with Gasteiger partial charge in [-0.15, -0.1) is 0 Å². The number of para-hydroxylation sites is 2. The van der Waals surface area contributed by atoms with Crippen LogP contribution in [0, 0.1) is 0 Å². The Labute approximate surface area is 374 Å². The van der Waals surface area contributed by atoms with Gasteiger partial charge in [0.15, 0.2) is 23.0 Å². The second-order valence-electron chi connectivity index (χ2n) is 16.4. The molecule has 4 aliphatic heterocycles. The maximum absolute atomic E-state index is 14.0. The fourth-order valence-electron chi connectivity index (χ4n) is 8.61. The van der Waals surface area contributed by atoms with Gasteiger partial charge in [-0.05, 0) is 91.2 Å². The van der Waals surface area contributed by atoms with E-state index >= 15 is 0 Å². The molecule has 9 rings (SSSR count). The summed E-state index contributed by atoms with van der Waals surface area (Å²) in [6, 6.07) is 28.0. The fourth-order valence-corrected chi connectivity index (χ4v) is 10.8. The van der Waals surface area contributed by atoms with Gasteiger partial charge in [0.1, 0.15) is 13.2 Å². The van der Waals surface area contributed by atoms with Crippen LogP contribution in [0.5, 0.6) is 23.0 Å². The number of carbonyl (C=O) groups excluding carboxylic acids is 3. The SMILES string of the molecule is COc1cc2c(cc1OCc1cc(COc3cc4c(cc3OC)C(=O)N3c5ccccc5C[C@H]3C=N4)cc(NC(=O)CCC(C)(C)SSC)c1)N=CC1Cc3ccccc3N1C2=O. The van der Waals surface area contributed by atoms with Gasteiger partial charge in [0.2, 0.25) is 5.91 Å². The Morgan fingerprint density at radius 1 is 0.714 bits per heavy atom. The van der Waals surface area contributed by atoms with E-state index < -0.39 is 0 Å². The van der Waals surface area contributed by atoms with E-state index in [1.807, 2.05) is 85.4 Å². The van der Waals surface area contributed by atoms with Crippen molar-refractivity contribution in [3.63, 3.8) is 0 Å². The predicted molar refractivity (Wildman–Crippen MR) is 252 cm³/mol. The minimum Gasteiger partial charge on any atom is -0.493 e. The first kappa shape index (κ1) is 42.1. The minimum atomic E-state index is -0.191. The van der Waals surface area contributed by atoms with E-state index in [1.54, 1.807) is 55.7 Å². The fraction of sp³-hybridized carbons (Fsp3) is 0.286. The molecule has 1 N–H and O–H groups in total. The van der Waals surface area contributed by atoms with Crippen LogP contribution in [0.2, 0.25) is 0 Å². The first-order valence-electron chi connectivity index (χ1n) is 20.8. The van der Waals surface area contributed by atoms with Crippen molar-refractivity contribution in [2.45, 2.75) is 69.6 Å². The number of hydrogen-bond donors (Lipinski definition) is 1. The number of carbonyl (C=O) groups is 3. The van der Waals surface area contributed by atoms with Crippen molar-refractivity contribution >= 4 is 80.2 Å². The third-order valence-electron chi connectivity index (χ3n) is 11.6. The molecule has 4 heterocycles. The maximum atomic E-state index is 14.0. The molecule has 4 aliphatic rings. The Bertz CT molecular complexity index is 2540. The average Bonchev–Trinajstić information content (AvgIpc) is 3.77. The van der Waals surface area contributed by atoms with E-state index in [-0.39, 0.29) is 47.8 Å². The highest BCUT2D eigenvalue weighted by Gasteiger charge is 2.38. The van der Waals surface area contributed by atoms with E-state index in [1.165, 1.54) is 14.2 Å². The Morgan fingerprint density at radius 2 is 1.21 bits per heavy atom. The summed E-state index contributed by atoms with van der Waals surface area (Å²) < 4.78 is 24.3. The first-order chi connectivity index (χ1) is 30.5. The van der Waals surface area contributed by atoms with E-state index in [0.29, 0.717) is 76.9 Å². The summed E-state index contributed by atoms with van der Waals surface area (Å²) in [7, 11) is 6.51. The van der Waals surface area contributed by atoms with Crippen molar-refractivity contribution in [3.8, 4) is 23.0 Å². The van der Waals surface area contributed by atoms with Gasteiger partial charge in [0, 0.05) is 65.6 Å². The molecule has 14 heteroatoms. The molecule has 1 unspecified atom stereocenters. The van der Waals surface area contributed by atoms with Crippen LogP contribution < -0.4 is 34.1 Å². The Hall–Kier alpha value is -6.25. The Morgan fingerprint density at radius 3 is 1.68 bits per heavy atom. The minimum absolute atomic E-state index is 0.0734. The number of rotatable bonds is 14. The molecule has 5 aromatic carbocycles. The molecule has 0 fully saturated rings. The number of anilines is 3. The summed E-state index contributed by atoms with van der Waals surface area (Å²) in [5, 5.41) is 3.10. The van der Waals surface area contributed by atoms with Crippen LogP contribution in [0.4, 0.5) is 28.4 Å². The van der Waals surface area contributed by atoms with Gasteiger partial charge in [-0.1, -0.05) is 58.0 Å². The summed E-state index contributed by atoms with van der Waals surface area (Å²) in [6.07, 6.45) is 8.11. The van der Waals surface area contributed by atoms with Gasteiger partial charge in [-0.25, -0.2) is 0 Å². The topological polar surface area (TPSA) is 131 Å². The summed E-state index contributed by atoms with van der Waals surface area (Å²) >= 11 is 0. The Balaban J connectivity index is 0.972.